The highest BCUT2D eigenvalue weighted by Crippen LogP contribution is 2.24. The van der Waals surface area contributed by atoms with Crippen molar-refractivity contribution in [2.24, 2.45) is 0 Å². The molecule has 4 N–H and O–H groups in total. The summed E-state index contributed by atoms with van der Waals surface area (Å²) in [6.45, 7) is 0. The Morgan fingerprint density at radius 1 is 1.29 bits per heavy atom. The molecule has 7 heteroatoms. The third-order valence-electron chi connectivity index (χ3n) is 3.31. The third-order valence-corrected chi connectivity index (χ3v) is 3.31. The van der Waals surface area contributed by atoms with Crippen LogP contribution in [0.4, 0.5) is 17.5 Å². The number of rotatable bonds is 4. The van der Waals surface area contributed by atoms with Crippen molar-refractivity contribution in [1.29, 1.82) is 5.26 Å². The van der Waals surface area contributed by atoms with Gasteiger partial charge in [0.25, 0.3) is 0 Å². The number of unbranched alkanes of at least 4 members (excludes halogenated alkanes) is 2. The molecule has 3 aromatic rings. The van der Waals surface area contributed by atoms with Gasteiger partial charge in [-0.1, -0.05) is 11.8 Å². The zero-order valence-corrected chi connectivity index (χ0v) is 12.9. The maximum atomic E-state index is 8.55. The Hall–Kier alpha value is -3.58. The number of aromatic nitrogens is 4. The van der Waals surface area contributed by atoms with Crippen LogP contribution in [0.5, 0.6) is 0 Å². The molecule has 0 amide bonds. The molecule has 7 nitrogen and oxygen atoms in total. The number of nitrogens with two attached hydrogens (primary N) is 1. The third kappa shape index (κ3) is 3.60. The summed E-state index contributed by atoms with van der Waals surface area (Å²) in [6, 6.07) is 7.74. The molecule has 2 aromatic heterocycles. The minimum atomic E-state index is 0.210. The van der Waals surface area contributed by atoms with Crippen LogP contribution in [0.25, 0.3) is 10.9 Å². The Labute approximate surface area is 138 Å². The molecule has 3 rings (SSSR count). The second-order valence-electron chi connectivity index (χ2n) is 5.10. The molecule has 0 radical (unpaired) electrons. The molecule has 0 aliphatic rings. The molecule has 2 heterocycles. The quantitative estimate of drug-likeness (QED) is 0.503. The fourth-order valence-electron chi connectivity index (χ4n) is 2.23. The molecular weight excluding hydrogens is 302 g/mol. The monoisotopic (exact) mass is 317 g/mol. The Morgan fingerprint density at radius 3 is 3.04 bits per heavy atom. The molecule has 0 saturated heterocycles. The molecule has 0 aliphatic heterocycles. The summed E-state index contributed by atoms with van der Waals surface area (Å²) in [7, 11) is 0. The second kappa shape index (κ2) is 7.12. The highest BCUT2D eigenvalue weighted by atomic mass is 15.1. The summed E-state index contributed by atoms with van der Waals surface area (Å²) in [5, 5.41) is 19.7. The van der Waals surface area contributed by atoms with Gasteiger partial charge in [0.1, 0.15) is 5.82 Å². The van der Waals surface area contributed by atoms with Gasteiger partial charge in [-0.15, -0.1) is 0 Å². The number of nitrogen functional groups attached to an aromatic ring is 1. The number of nitrogens with zero attached hydrogens (tertiary/aromatic N) is 4. The van der Waals surface area contributed by atoms with Crippen LogP contribution in [0.15, 0.2) is 30.6 Å². The maximum Gasteiger partial charge on any atom is 0.221 e. The minimum Gasteiger partial charge on any atom is -0.368 e. The van der Waals surface area contributed by atoms with Gasteiger partial charge in [0.15, 0.2) is 0 Å². The van der Waals surface area contributed by atoms with Crippen molar-refractivity contribution >= 4 is 28.4 Å². The number of fused-ring (bicyclic) bond motifs is 1. The zero-order chi connectivity index (χ0) is 16.8. The normalized spacial score (nSPS) is 9.96. The van der Waals surface area contributed by atoms with Gasteiger partial charge in [-0.3, -0.25) is 5.10 Å². The van der Waals surface area contributed by atoms with E-state index in [2.05, 4.69) is 43.4 Å². The number of aromatic amines is 1. The number of benzene rings is 1. The van der Waals surface area contributed by atoms with Gasteiger partial charge in [-0.25, -0.2) is 4.98 Å². The molecular formula is C17H15N7. The van der Waals surface area contributed by atoms with Crippen molar-refractivity contribution in [2.45, 2.75) is 19.3 Å². The SMILES string of the molecule is N#CCCCC#Cc1cc(Nc2ccnc(N)n2)cc2cn[nH]c12. The fourth-order valence-corrected chi connectivity index (χ4v) is 2.23. The van der Waals surface area contributed by atoms with E-state index in [-0.39, 0.29) is 5.95 Å². The van der Waals surface area contributed by atoms with E-state index in [9.17, 15) is 0 Å². The van der Waals surface area contributed by atoms with Crippen LogP contribution in [-0.4, -0.2) is 20.2 Å². The molecule has 0 saturated carbocycles. The summed E-state index contributed by atoms with van der Waals surface area (Å²) >= 11 is 0. The first-order valence-corrected chi connectivity index (χ1v) is 7.45. The van der Waals surface area contributed by atoms with E-state index in [1.807, 2.05) is 12.1 Å². The Morgan fingerprint density at radius 2 is 2.21 bits per heavy atom. The van der Waals surface area contributed by atoms with Crippen LogP contribution in [0, 0.1) is 23.2 Å². The predicted octanol–water partition coefficient (Wildman–Crippen LogP) is 2.72. The predicted molar refractivity (Wildman–Crippen MR) is 92.2 cm³/mol. The van der Waals surface area contributed by atoms with Gasteiger partial charge in [0.2, 0.25) is 5.95 Å². The van der Waals surface area contributed by atoms with Gasteiger partial charge in [0.05, 0.1) is 23.3 Å². The highest BCUT2D eigenvalue weighted by Gasteiger charge is 2.05. The number of nitrogens with one attached hydrogen (secondary N) is 2. The van der Waals surface area contributed by atoms with Crippen LogP contribution < -0.4 is 11.1 Å². The van der Waals surface area contributed by atoms with Gasteiger partial charge >= 0.3 is 0 Å². The van der Waals surface area contributed by atoms with E-state index < -0.39 is 0 Å². The van der Waals surface area contributed by atoms with E-state index in [1.54, 1.807) is 18.5 Å². The Bertz CT molecular complexity index is 956. The molecule has 0 bridgehead atoms. The van der Waals surface area contributed by atoms with Gasteiger partial charge in [-0.2, -0.15) is 15.3 Å². The van der Waals surface area contributed by atoms with Crippen molar-refractivity contribution in [3.63, 3.8) is 0 Å². The number of nitriles is 1. The summed E-state index contributed by atoms with van der Waals surface area (Å²) in [5.41, 5.74) is 8.16. The lowest BCUT2D eigenvalue weighted by Gasteiger charge is -2.07. The molecule has 118 valence electrons. The van der Waals surface area contributed by atoms with Crippen LogP contribution in [-0.2, 0) is 0 Å². The number of anilines is 3. The molecule has 1 aromatic carbocycles. The van der Waals surface area contributed by atoms with Crippen molar-refractivity contribution in [1.82, 2.24) is 20.2 Å². The lowest BCUT2D eigenvalue weighted by atomic mass is 10.1. The molecule has 24 heavy (non-hydrogen) atoms. The van der Waals surface area contributed by atoms with Gasteiger partial charge < -0.3 is 11.1 Å². The van der Waals surface area contributed by atoms with Crippen molar-refractivity contribution < 1.29 is 0 Å². The average molecular weight is 317 g/mol. The molecule has 0 fully saturated rings. The van der Waals surface area contributed by atoms with Crippen LogP contribution in [0.3, 0.4) is 0 Å². The van der Waals surface area contributed by atoms with Gasteiger partial charge in [-0.05, 0) is 24.6 Å². The number of hydrogen-bond acceptors (Lipinski definition) is 6. The zero-order valence-electron chi connectivity index (χ0n) is 12.9. The minimum absolute atomic E-state index is 0.210. The Balaban J connectivity index is 1.88. The van der Waals surface area contributed by atoms with E-state index in [0.29, 0.717) is 18.7 Å². The molecule has 0 atom stereocenters. The summed E-state index contributed by atoms with van der Waals surface area (Å²) in [5.74, 6) is 7.06. The van der Waals surface area contributed by atoms with E-state index in [0.717, 1.165) is 28.6 Å². The molecule has 0 unspecified atom stereocenters. The molecule has 0 aliphatic carbocycles. The number of hydrogen-bond donors (Lipinski definition) is 3. The van der Waals surface area contributed by atoms with Crippen LogP contribution in [0.1, 0.15) is 24.8 Å². The van der Waals surface area contributed by atoms with E-state index in [1.165, 1.54) is 0 Å². The summed E-state index contributed by atoms with van der Waals surface area (Å²) in [4.78, 5) is 8.00. The van der Waals surface area contributed by atoms with E-state index in [4.69, 9.17) is 11.0 Å². The second-order valence-corrected chi connectivity index (χ2v) is 5.10. The van der Waals surface area contributed by atoms with Crippen LogP contribution in [0.2, 0.25) is 0 Å². The first-order valence-electron chi connectivity index (χ1n) is 7.45. The summed E-state index contributed by atoms with van der Waals surface area (Å²) in [6.07, 6.45) is 5.31. The van der Waals surface area contributed by atoms with E-state index >= 15 is 0 Å². The topological polar surface area (TPSA) is 116 Å². The highest BCUT2D eigenvalue weighted by molar-refractivity contribution is 5.88. The summed E-state index contributed by atoms with van der Waals surface area (Å²) < 4.78 is 0. The molecule has 0 spiro atoms. The standard InChI is InChI=1S/C17H15N7/c18-7-4-2-1-3-5-12-9-14(10-13-11-21-24-16(12)13)22-15-6-8-20-17(19)23-15/h6,8-11H,1-2,4H2,(H,21,24)(H3,19,20,22,23). The van der Waals surface area contributed by atoms with Gasteiger partial charge in [0, 0.05) is 30.1 Å². The lowest BCUT2D eigenvalue weighted by molar-refractivity contribution is 0.894. The Kier molecular flexibility index (Phi) is 4.55. The largest absolute Gasteiger partial charge is 0.368 e. The fraction of sp³-hybridized carbons (Fsp3) is 0.176. The van der Waals surface area contributed by atoms with Crippen LogP contribution >= 0.6 is 0 Å². The number of H-pyrrole nitrogens is 1. The van der Waals surface area contributed by atoms with Crippen molar-refractivity contribution in [3.8, 4) is 17.9 Å². The first-order chi connectivity index (χ1) is 11.8. The van der Waals surface area contributed by atoms with Crippen molar-refractivity contribution in [2.75, 3.05) is 11.1 Å². The average Bonchev–Trinajstić information content (AvgIpc) is 3.03. The maximum absolute atomic E-state index is 8.55. The van der Waals surface area contributed by atoms with Crippen molar-refractivity contribution in [3.05, 3.63) is 36.2 Å². The lowest BCUT2D eigenvalue weighted by Crippen LogP contribution is -1.99. The smallest absolute Gasteiger partial charge is 0.221 e. The first kappa shape index (κ1) is 15.3.